The summed E-state index contributed by atoms with van der Waals surface area (Å²) in [5.74, 6) is -1.90. The van der Waals surface area contributed by atoms with Crippen molar-refractivity contribution in [2.75, 3.05) is 13.2 Å². The van der Waals surface area contributed by atoms with E-state index in [1.54, 1.807) is 30.3 Å². The highest BCUT2D eigenvalue weighted by Gasteiger charge is 2.48. The summed E-state index contributed by atoms with van der Waals surface area (Å²) in [5, 5.41) is -3.84. The van der Waals surface area contributed by atoms with Crippen molar-refractivity contribution >= 4 is 26.9 Å². The minimum Gasteiger partial charge on any atom is -0.743 e. The van der Waals surface area contributed by atoms with Crippen LogP contribution in [0.2, 0.25) is 0 Å². The number of epoxide rings is 1. The van der Waals surface area contributed by atoms with E-state index in [1.165, 1.54) is 6.07 Å². The molecule has 0 radical (unpaired) electrons. The highest BCUT2D eigenvalue weighted by molar-refractivity contribution is 7.87. The third-order valence-corrected chi connectivity index (χ3v) is 4.49. The van der Waals surface area contributed by atoms with Gasteiger partial charge in [-0.15, -0.1) is 0 Å². The van der Waals surface area contributed by atoms with Gasteiger partial charge in [0.15, 0.2) is 10.1 Å². The molecule has 10 heteroatoms. The minimum absolute atomic E-state index is 0.0539. The summed E-state index contributed by atoms with van der Waals surface area (Å²) in [6.07, 6.45) is 0.0539. The summed E-state index contributed by atoms with van der Waals surface area (Å²) in [7, 11) is -6.15. The number of esters is 1. The van der Waals surface area contributed by atoms with Crippen LogP contribution in [0.3, 0.4) is 0 Å². The highest BCUT2D eigenvalue weighted by Crippen LogP contribution is 2.27. The predicted molar refractivity (Wildman–Crippen MR) is 83.6 cm³/mol. The molecule has 1 unspecified atom stereocenters. The summed E-state index contributed by atoms with van der Waals surface area (Å²) in [5.41, 5.74) is 0.350. The predicted octanol–water partition coefficient (Wildman–Crippen LogP) is 1.80. The Hall–Kier alpha value is -2.30. The molecule has 1 aliphatic rings. The normalized spacial score (nSPS) is 17.1. The van der Waals surface area contributed by atoms with E-state index >= 15 is 0 Å². The number of benzene rings is 2. The summed E-state index contributed by atoms with van der Waals surface area (Å²) < 4.78 is 72.7. The number of hydrogen-bond donors (Lipinski definition) is 0. The van der Waals surface area contributed by atoms with Crippen LogP contribution in [-0.4, -0.2) is 43.5 Å². The van der Waals surface area contributed by atoms with Crippen LogP contribution in [0.1, 0.15) is 5.56 Å². The van der Waals surface area contributed by atoms with Crippen molar-refractivity contribution < 1.29 is 40.8 Å². The van der Waals surface area contributed by atoms with Gasteiger partial charge in [-0.3, -0.25) is 0 Å². The monoisotopic (exact) mass is 387 g/mol. The number of hydrogen-bond acceptors (Lipinski definition) is 7. The van der Waals surface area contributed by atoms with Gasteiger partial charge in [-0.05, 0) is 28.5 Å². The summed E-state index contributed by atoms with van der Waals surface area (Å²) >= 11 is 0. The molecule has 7 nitrogen and oxygen atoms in total. The van der Waals surface area contributed by atoms with Crippen LogP contribution >= 0.6 is 0 Å². The van der Waals surface area contributed by atoms with E-state index < -0.39 is 27.9 Å². The van der Waals surface area contributed by atoms with Gasteiger partial charge in [-0.2, -0.15) is 8.78 Å². The van der Waals surface area contributed by atoms with E-state index in [0.29, 0.717) is 29.9 Å². The Kier molecular flexibility index (Phi) is 4.82. The van der Waals surface area contributed by atoms with Crippen LogP contribution in [-0.2, 0) is 31.0 Å². The molecular weight excluding hydrogens is 374 g/mol. The fourth-order valence-corrected chi connectivity index (χ4v) is 2.48. The average Bonchev–Trinajstić information content (AvgIpc) is 3.41. The Morgan fingerprint density at radius 1 is 1.31 bits per heavy atom. The number of carbonyl (C=O) groups excluding carboxylic acids is 1. The van der Waals surface area contributed by atoms with E-state index in [4.69, 9.17) is 9.47 Å². The average molecular weight is 387 g/mol. The van der Waals surface area contributed by atoms with Gasteiger partial charge in [0.05, 0.1) is 6.61 Å². The minimum atomic E-state index is -6.15. The van der Waals surface area contributed by atoms with Crippen molar-refractivity contribution in [1.29, 1.82) is 0 Å². The van der Waals surface area contributed by atoms with Gasteiger partial charge >= 0.3 is 11.2 Å². The van der Waals surface area contributed by atoms with Crippen LogP contribution in [0.25, 0.3) is 10.8 Å². The zero-order valence-electron chi connectivity index (χ0n) is 13.2. The SMILES string of the molecule is O=C(OCc1cccc2ccc(OCC3CO3)cc12)C(F)(F)S(=O)(=O)[O-]. The summed E-state index contributed by atoms with van der Waals surface area (Å²) in [6, 6.07) is 9.99. The molecule has 0 aliphatic carbocycles. The Morgan fingerprint density at radius 3 is 2.69 bits per heavy atom. The summed E-state index contributed by atoms with van der Waals surface area (Å²) in [4.78, 5) is 11.3. The van der Waals surface area contributed by atoms with E-state index in [9.17, 15) is 26.5 Å². The molecule has 3 rings (SSSR count). The molecule has 1 atom stereocenters. The zero-order chi connectivity index (χ0) is 18.9. The molecule has 1 saturated heterocycles. The van der Waals surface area contributed by atoms with E-state index in [0.717, 1.165) is 5.39 Å². The van der Waals surface area contributed by atoms with Gasteiger partial charge in [0.1, 0.15) is 25.1 Å². The van der Waals surface area contributed by atoms with Crippen LogP contribution in [0.15, 0.2) is 36.4 Å². The van der Waals surface area contributed by atoms with E-state index in [2.05, 4.69) is 4.74 Å². The lowest BCUT2D eigenvalue weighted by Gasteiger charge is -2.18. The number of fused-ring (bicyclic) bond motifs is 1. The van der Waals surface area contributed by atoms with Crippen molar-refractivity contribution in [3.8, 4) is 5.75 Å². The second-order valence-electron chi connectivity index (χ2n) is 5.61. The fraction of sp³-hybridized carbons (Fsp3) is 0.312. The molecule has 0 bridgehead atoms. The number of carbonyl (C=O) groups is 1. The molecular formula is C16H13F2O7S-. The van der Waals surface area contributed by atoms with Gasteiger partial charge in [0, 0.05) is 0 Å². The van der Waals surface area contributed by atoms with E-state index in [-0.39, 0.29) is 6.10 Å². The number of halogens is 2. The molecule has 0 amide bonds. The van der Waals surface area contributed by atoms with Crippen molar-refractivity contribution in [3.05, 3.63) is 42.0 Å². The number of alkyl halides is 2. The van der Waals surface area contributed by atoms with Gasteiger partial charge in [-0.25, -0.2) is 13.2 Å². The fourth-order valence-electron chi connectivity index (χ4n) is 2.21. The molecule has 0 spiro atoms. The lowest BCUT2D eigenvalue weighted by Crippen LogP contribution is -2.38. The Bertz CT molecular complexity index is 939. The van der Waals surface area contributed by atoms with Gasteiger partial charge in [0.25, 0.3) is 0 Å². The molecule has 1 aliphatic heterocycles. The first-order valence-electron chi connectivity index (χ1n) is 7.45. The van der Waals surface area contributed by atoms with Gasteiger partial charge in [0.2, 0.25) is 0 Å². The van der Waals surface area contributed by atoms with Crippen molar-refractivity contribution in [2.45, 2.75) is 18.0 Å². The quantitative estimate of drug-likeness (QED) is 0.405. The molecule has 1 heterocycles. The topological polar surface area (TPSA) is 105 Å². The second kappa shape index (κ2) is 6.78. The maximum absolute atomic E-state index is 13.2. The number of rotatable bonds is 7. The first-order valence-corrected chi connectivity index (χ1v) is 8.86. The lowest BCUT2D eigenvalue weighted by molar-refractivity contribution is -0.162. The largest absolute Gasteiger partial charge is 0.743 e. The van der Waals surface area contributed by atoms with Gasteiger partial charge in [-0.1, -0.05) is 24.3 Å². The third-order valence-electron chi connectivity index (χ3n) is 3.69. The molecule has 0 N–H and O–H groups in total. The van der Waals surface area contributed by atoms with Crippen molar-refractivity contribution in [1.82, 2.24) is 0 Å². The lowest BCUT2D eigenvalue weighted by atomic mass is 10.0. The maximum atomic E-state index is 13.2. The zero-order valence-corrected chi connectivity index (χ0v) is 14.0. The highest BCUT2D eigenvalue weighted by atomic mass is 32.2. The first kappa shape index (κ1) is 18.5. The molecule has 26 heavy (non-hydrogen) atoms. The smallest absolute Gasteiger partial charge is 0.428 e. The first-order chi connectivity index (χ1) is 12.2. The van der Waals surface area contributed by atoms with Crippen LogP contribution in [0.5, 0.6) is 5.75 Å². The Morgan fingerprint density at radius 2 is 2.04 bits per heavy atom. The maximum Gasteiger partial charge on any atom is 0.428 e. The third kappa shape index (κ3) is 3.92. The molecule has 140 valence electrons. The van der Waals surface area contributed by atoms with Crippen molar-refractivity contribution in [3.63, 3.8) is 0 Å². The standard InChI is InChI=1S/C16H14F2O7S/c17-16(18,26(20,21)22)15(19)25-7-11-3-1-2-10-4-5-12(6-14(10)11)23-8-13-9-24-13/h1-6,13H,7-9H2,(H,20,21,22)/p-1. The molecule has 0 aromatic heterocycles. The molecule has 1 fully saturated rings. The second-order valence-corrected chi connectivity index (χ2v) is 7.03. The van der Waals surface area contributed by atoms with Crippen molar-refractivity contribution in [2.24, 2.45) is 0 Å². The van der Waals surface area contributed by atoms with Crippen LogP contribution < -0.4 is 4.74 Å². The Labute approximate surface area is 147 Å². The van der Waals surface area contributed by atoms with Gasteiger partial charge < -0.3 is 18.8 Å². The number of ether oxygens (including phenoxy) is 3. The molecule has 2 aromatic carbocycles. The van der Waals surface area contributed by atoms with Crippen LogP contribution in [0.4, 0.5) is 8.78 Å². The van der Waals surface area contributed by atoms with Crippen LogP contribution in [0, 0.1) is 0 Å². The molecule has 0 saturated carbocycles. The Balaban J connectivity index is 1.78. The summed E-state index contributed by atoms with van der Waals surface area (Å²) in [6.45, 7) is 0.373. The van der Waals surface area contributed by atoms with E-state index in [1.807, 2.05) is 0 Å². The molecule has 2 aromatic rings.